The number of pyridine rings is 1. The maximum absolute atomic E-state index is 12.1. The van der Waals surface area contributed by atoms with Gasteiger partial charge in [-0.25, -0.2) is 9.78 Å². The topological polar surface area (TPSA) is 95.7 Å². The number of anilines is 2. The number of benzene rings is 1. The van der Waals surface area contributed by atoms with Crippen LogP contribution in [0.15, 0.2) is 60.9 Å². The molecule has 3 rings (SSSR count). The van der Waals surface area contributed by atoms with Gasteiger partial charge in [0.25, 0.3) is 0 Å². The summed E-state index contributed by atoms with van der Waals surface area (Å²) in [7, 11) is 0. The number of carbonyl (C=O) groups is 2. The molecular weight excluding hydrogens is 308 g/mol. The lowest BCUT2D eigenvalue weighted by molar-refractivity contribution is -0.111. The lowest BCUT2D eigenvalue weighted by Crippen LogP contribution is -2.13. The zero-order chi connectivity index (χ0) is 16.9. The summed E-state index contributed by atoms with van der Waals surface area (Å²) < 4.78 is 1.85. The van der Waals surface area contributed by atoms with Crippen LogP contribution in [0, 0.1) is 0 Å². The number of rotatable bonds is 4. The quantitative estimate of drug-likeness (QED) is 0.643. The van der Waals surface area contributed by atoms with Crippen LogP contribution in [0.25, 0.3) is 11.7 Å². The van der Waals surface area contributed by atoms with Crippen LogP contribution < -0.4 is 10.6 Å². The Morgan fingerprint density at radius 3 is 2.50 bits per heavy atom. The van der Waals surface area contributed by atoms with E-state index in [1.54, 1.807) is 36.5 Å². The third-order valence-electron chi connectivity index (χ3n) is 3.28. The zero-order valence-electron chi connectivity index (χ0n) is 12.5. The van der Waals surface area contributed by atoms with E-state index in [0.717, 1.165) is 11.3 Å². The van der Waals surface area contributed by atoms with Crippen molar-refractivity contribution in [1.82, 2.24) is 9.38 Å². The summed E-state index contributed by atoms with van der Waals surface area (Å²) in [5, 5.41) is 13.7. The fourth-order valence-electron chi connectivity index (χ4n) is 2.23. The van der Waals surface area contributed by atoms with Gasteiger partial charge in [0.2, 0.25) is 5.91 Å². The first-order valence-electron chi connectivity index (χ1n) is 7.13. The van der Waals surface area contributed by atoms with Gasteiger partial charge in [-0.05, 0) is 30.3 Å². The lowest BCUT2D eigenvalue weighted by atomic mass is 10.2. The minimum absolute atomic E-state index is 0.307. The van der Waals surface area contributed by atoms with Crippen molar-refractivity contribution in [3.8, 4) is 0 Å². The van der Waals surface area contributed by atoms with Gasteiger partial charge in [0, 0.05) is 12.3 Å². The molecule has 0 aliphatic heterocycles. The maximum Gasteiger partial charge on any atom is 0.409 e. The van der Waals surface area contributed by atoms with E-state index in [2.05, 4.69) is 15.6 Å². The predicted octanol–water partition coefficient (Wildman–Crippen LogP) is 3.08. The van der Waals surface area contributed by atoms with Gasteiger partial charge in [-0.2, -0.15) is 0 Å². The van der Waals surface area contributed by atoms with Crippen LogP contribution in [0.2, 0.25) is 0 Å². The van der Waals surface area contributed by atoms with Gasteiger partial charge < -0.3 is 14.8 Å². The second-order valence-corrected chi connectivity index (χ2v) is 4.91. The number of imidazole rings is 1. The van der Waals surface area contributed by atoms with Crippen LogP contribution >= 0.6 is 0 Å². The number of hydrogen-bond acceptors (Lipinski definition) is 3. The standard InChI is InChI=1S/C17H14N4O3/c22-16(19-13-5-1-2-6-14(13)20-17(23)24)9-8-12-11-18-15-7-3-4-10-21(12)15/h1-11,20H,(H,19,22)(H,23,24)/b9-8+. The lowest BCUT2D eigenvalue weighted by Gasteiger charge is -2.08. The highest BCUT2D eigenvalue weighted by molar-refractivity contribution is 6.04. The fraction of sp³-hybridized carbons (Fsp3) is 0. The zero-order valence-corrected chi connectivity index (χ0v) is 12.5. The molecule has 2 amide bonds. The minimum atomic E-state index is -1.20. The van der Waals surface area contributed by atoms with E-state index in [4.69, 9.17) is 5.11 Å². The summed E-state index contributed by atoms with van der Waals surface area (Å²) >= 11 is 0. The molecule has 0 bridgehead atoms. The van der Waals surface area contributed by atoms with Crippen LogP contribution in [0.3, 0.4) is 0 Å². The molecule has 0 atom stereocenters. The summed E-state index contributed by atoms with van der Waals surface area (Å²) in [6.45, 7) is 0. The van der Waals surface area contributed by atoms with Crippen LogP contribution in [0.5, 0.6) is 0 Å². The van der Waals surface area contributed by atoms with Crippen molar-refractivity contribution >= 4 is 35.1 Å². The fourth-order valence-corrected chi connectivity index (χ4v) is 2.23. The van der Waals surface area contributed by atoms with E-state index < -0.39 is 6.09 Å². The second-order valence-electron chi connectivity index (χ2n) is 4.91. The van der Waals surface area contributed by atoms with Gasteiger partial charge in [0.05, 0.1) is 23.3 Å². The molecule has 0 saturated carbocycles. The number of para-hydroxylation sites is 2. The second kappa shape index (κ2) is 6.66. The van der Waals surface area contributed by atoms with Crippen LogP contribution in [0.4, 0.5) is 16.2 Å². The number of carboxylic acid groups (broad SMARTS) is 1. The van der Waals surface area contributed by atoms with Gasteiger partial charge >= 0.3 is 6.09 Å². The molecule has 7 heteroatoms. The normalized spacial score (nSPS) is 10.8. The van der Waals surface area contributed by atoms with Crippen LogP contribution in [0.1, 0.15) is 5.69 Å². The first-order valence-corrected chi connectivity index (χ1v) is 7.13. The Morgan fingerprint density at radius 2 is 1.75 bits per heavy atom. The molecule has 2 aromatic heterocycles. The number of carbonyl (C=O) groups excluding carboxylic acids is 1. The monoisotopic (exact) mass is 322 g/mol. The third-order valence-corrected chi connectivity index (χ3v) is 3.28. The first kappa shape index (κ1) is 15.3. The molecule has 0 fully saturated rings. The molecule has 2 heterocycles. The summed E-state index contributed by atoms with van der Waals surface area (Å²) in [5.41, 5.74) is 2.24. The number of amides is 2. The average Bonchev–Trinajstić information content (AvgIpc) is 2.98. The summed E-state index contributed by atoms with van der Waals surface area (Å²) in [5.74, 6) is -0.375. The molecule has 1 aromatic carbocycles. The third kappa shape index (κ3) is 3.41. The van der Waals surface area contributed by atoms with Crippen molar-refractivity contribution in [2.75, 3.05) is 10.6 Å². The first-order chi connectivity index (χ1) is 11.6. The Labute approximate surface area is 137 Å². The highest BCUT2D eigenvalue weighted by Crippen LogP contribution is 2.20. The highest BCUT2D eigenvalue weighted by atomic mass is 16.4. The van der Waals surface area contributed by atoms with Crippen molar-refractivity contribution in [3.05, 3.63) is 66.6 Å². The van der Waals surface area contributed by atoms with Gasteiger partial charge in [-0.3, -0.25) is 10.1 Å². The molecule has 3 aromatic rings. The molecule has 0 radical (unpaired) electrons. The van der Waals surface area contributed by atoms with Crippen molar-refractivity contribution in [2.24, 2.45) is 0 Å². The van der Waals surface area contributed by atoms with E-state index in [-0.39, 0.29) is 5.91 Å². The Morgan fingerprint density at radius 1 is 1.04 bits per heavy atom. The number of fused-ring (bicyclic) bond motifs is 1. The van der Waals surface area contributed by atoms with E-state index in [0.29, 0.717) is 11.4 Å². The molecule has 24 heavy (non-hydrogen) atoms. The van der Waals surface area contributed by atoms with Gasteiger partial charge in [-0.15, -0.1) is 0 Å². The molecular formula is C17H14N4O3. The van der Waals surface area contributed by atoms with Gasteiger partial charge in [0.15, 0.2) is 0 Å². The minimum Gasteiger partial charge on any atom is -0.465 e. The van der Waals surface area contributed by atoms with E-state index in [1.165, 1.54) is 6.08 Å². The summed E-state index contributed by atoms with van der Waals surface area (Å²) in [6.07, 6.45) is 5.33. The molecule has 7 nitrogen and oxygen atoms in total. The van der Waals surface area contributed by atoms with Crippen molar-refractivity contribution < 1.29 is 14.7 Å². The molecule has 3 N–H and O–H groups in total. The van der Waals surface area contributed by atoms with Crippen LogP contribution in [-0.2, 0) is 4.79 Å². The predicted molar refractivity (Wildman–Crippen MR) is 90.9 cm³/mol. The van der Waals surface area contributed by atoms with E-state index >= 15 is 0 Å². The molecule has 0 spiro atoms. The average molecular weight is 322 g/mol. The van der Waals surface area contributed by atoms with Crippen LogP contribution in [-0.4, -0.2) is 26.5 Å². The van der Waals surface area contributed by atoms with Gasteiger partial charge in [-0.1, -0.05) is 18.2 Å². The van der Waals surface area contributed by atoms with Crippen molar-refractivity contribution in [3.63, 3.8) is 0 Å². The maximum atomic E-state index is 12.1. The largest absolute Gasteiger partial charge is 0.465 e. The molecule has 0 unspecified atom stereocenters. The SMILES string of the molecule is O=C(O)Nc1ccccc1NC(=O)/C=C/c1cnc2ccccn12. The Kier molecular flexibility index (Phi) is 4.24. The number of aromatic nitrogens is 2. The molecule has 0 saturated heterocycles. The Balaban J connectivity index is 1.75. The van der Waals surface area contributed by atoms with Crippen molar-refractivity contribution in [1.29, 1.82) is 0 Å². The number of nitrogens with one attached hydrogen (secondary N) is 2. The Bertz CT molecular complexity index is 930. The summed E-state index contributed by atoms with van der Waals surface area (Å²) in [6, 6.07) is 12.2. The van der Waals surface area contributed by atoms with E-state index in [9.17, 15) is 9.59 Å². The van der Waals surface area contributed by atoms with Crippen molar-refractivity contribution in [2.45, 2.75) is 0 Å². The van der Waals surface area contributed by atoms with E-state index in [1.807, 2.05) is 28.8 Å². The Hall–Kier alpha value is -3.61. The molecule has 0 aliphatic carbocycles. The molecule has 0 aliphatic rings. The highest BCUT2D eigenvalue weighted by Gasteiger charge is 2.07. The summed E-state index contributed by atoms with van der Waals surface area (Å²) in [4.78, 5) is 27.1. The molecule has 120 valence electrons. The van der Waals surface area contributed by atoms with Gasteiger partial charge in [0.1, 0.15) is 5.65 Å². The number of hydrogen-bond donors (Lipinski definition) is 3. The smallest absolute Gasteiger partial charge is 0.409 e. The number of nitrogens with zero attached hydrogens (tertiary/aromatic N) is 2.